The lowest BCUT2D eigenvalue weighted by Gasteiger charge is -2.22. The van der Waals surface area contributed by atoms with E-state index in [1.165, 1.54) is 6.20 Å². The van der Waals surface area contributed by atoms with E-state index in [1.807, 2.05) is 24.3 Å². The third-order valence-electron chi connectivity index (χ3n) is 3.28. The van der Waals surface area contributed by atoms with Crippen LogP contribution in [0, 0.1) is 0 Å². The number of aromatic nitrogens is 2. The van der Waals surface area contributed by atoms with E-state index >= 15 is 0 Å². The van der Waals surface area contributed by atoms with Crippen LogP contribution in [0.5, 0.6) is 0 Å². The number of hydrogen-bond donors (Lipinski definition) is 1. The zero-order valence-electron chi connectivity index (χ0n) is 13.4. The van der Waals surface area contributed by atoms with Gasteiger partial charge in [0.15, 0.2) is 0 Å². The van der Waals surface area contributed by atoms with Crippen LogP contribution < -0.4 is 10.2 Å². The van der Waals surface area contributed by atoms with Crippen LogP contribution in [0.4, 0.5) is 11.5 Å². The van der Waals surface area contributed by atoms with Crippen molar-refractivity contribution in [1.29, 1.82) is 0 Å². The predicted molar refractivity (Wildman–Crippen MR) is 96.9 cm³/mol. The van der Waals surface area contributed by atoms with Crippen molar-refractivity contribution < 1.29 is 4.79 Å². The molecule has 1 aromatic carbocycles. The molecule has 0 atom stereocenters. The van der Waals surface area contributed by atoms with Crippen LogP contribution >= 0.6 is 15.9 Å². The lowest BCUT2D eigenvalue weighted by atomic mass is 10.3. The second kappa shape index (κ2) is 8.62. The first-order valence-electron chi connectivity index (χ1n) is 7.78. The summed E-state index contributed by atoms with van der Waals surface area (Å²) >= 11 is 3.36. The number of amides is 1. The highest BCUT2D eigenvalue weighted by atomic mass is 79.9. The molecule has 1 aromatic heterocycles. The number of rotatable bonds is 7. The molecule has 0 aliphatic heterocycles. The highest BCUT2D eigenvalue weighted by Crippen LogP contribution is 2.15. The van der Waals surface area contributed by atoms with Gasteiger partial charge in [0.2, 0.25) is 0 Å². The summed E-state index contributed by atoms with van der Waals surface area (Å²) in [5, 5.41) is 2.81. The van der Waals surface area contributed by atoms with E-state index in [0.29, 0.717) is 5.69 Å². The summed E-state index contributed by atoms with van der Waals surface area (Å²) in [4.78, 5) is 23.0. The number of nitrogens with zero attached hydrogens (tertiary/aromatic N) is 3. The fourth-order valence-corrected chi connectivity index (χ4v) is 2.48. The summed E-state index contributed by atoms with van der Waals surface area (Å²) < 4.78 is 0.964. The molecule has 0 radical (unpaired) electrons. The number of benzene rings is 1. The number of anilines is 2. The van der Waals surface area contributed by atoms with Crippen LogP contribution in [0.1, 0.15) is 37.2 Å². The number of hydrogen-bond acceptors (Lipinski definition) is 4. The van der Waals surface area contributed by atoms with Crippen molar-refractivity contribution in [3.63, 3.8) is 0 Å². The fraction of sp³-hybridized carbons (Fsp3) is 0.353. The number of halogens is 1. The fourth-order valence-electron chi connectivity index (χ4n) is 2.21. The van der Waals surface area contributed by atoms with Crippen molar-refractivity contribution in [1.82, 2.24) is 9.97 Å². The molecule has 0 saturated heterocycles. The molecule has 23 heavy (non-hydrogen) atoms. The molecule has 1 N–H and O–H groups in total. The van der Waals surface area contributed by atoms with Crippen molar-refractivity contribution in [3.8, 4) is 0 Å². The summed E-state index contributed by atoms with van der Waals surface area (Å²) in [5.41, 5.74) is 1.03. The number of nitrogens with one attached hydrogen (secondary N) is 1. The first-order chi connectivity index (χ1) is 11.1. The average Bonchev–Trinajstić information content (AvgIpc) is 2.57. The molecule has 6 heteroatoms. The number of carbonyl (C=O) groups is 1. The van der Waals surface area contributed by atoms with E-state index in [9.17, 15) is 4.79 Å². The molecular formula is C17H21BrN4O. The summed E-state index contributed by atoms with van der Waals surface area (Å²) in [7, 11) is 0. The van der Waals surface area contributed by atoms with E-state index in [0.717, 1.165) is 41.9 Å². The van der Waals surface area contributed by atoms with Gasteiger partial charge >= 0.3 is 0 Å². The molecule has 1 heterocycles. The Labute approximate surface area is 145 Å². The van der Waals surface area contributed by atoms with Crippen LogP contribution in [-0.2, 0) is 0 Å². The Bertz CT molecular complexity index is 622. The van der Waals surface area contributed by atoms with Gasteiger partial charge in [-0.3, -0.25) is 4.79 Å². The summed E-state index contributed by atoms with van der Waals surface area (Å²) in [6.07, 6.45) is 5.30. The first kappa shape index (κ1) is 17.4. The largest absolute Gasteiger partial charge is 0.355 e. The summed E-state index contributed by atoms with van der Waals surface area (Å²) in [6.45, 7) is 6.14. The van der Waals surface area contributed by atoms with E-state index in [-0.39, 0.29) is 5.91 Å². The molecule has 5 nitrogen and oxygen atoms in total. The van der Waals surface area contributed by atoms with Crippen molar-refractivity contribution >= 4 is 33.3 Å². The molecule has 0 spiro atoms. The predicted octanol–water partition coefficient (Wildman–Crippen LogP) is 4.12. The van der Waals surface area contributed by atoms with Gasteiger partial charge in [-0.25, -0.2) is 9.97 Å². The molecule has 2 rings (SSSR count). The van der Waals surface area contributed by atoms with Gasteiger partial charge in [0.1, 0.15) is 11.5 Å². The van der Waals surface area contributed by atoms with Gasteiger partial charge in [0, 0.05) is 23.2 Å². The molecule has 2 aromatic rings. The standard InChI is InChI=1S/C17H21BrN4O/c1-3-9-22(10-4-2)16-12-19-15(11-20-16)17(23)21-14-7-5-13(18)6-8-14/h5-8,11-12H,3-4,9-10H2,1-2H3,(H,21,23). The van der Waals surface area contributed by atoms with Crippen molar-refractivity contribution in [3.05, 3.63) is 46.8 Å². The SMILES string of the molecule is CCCN(CCC)c1cnc(C(=O)Nc2ccc(Br)cc2)cn1. The molecule has 0 unspecified atom stereocenters. The minimum absolute atomic E-state index is 0.260. The minimum atomic E-state index is -0.260. The molecule has 0 saturated carbocycles. The molecule has 122 valence electrons. The highest BCUT2D eigenvalue weighted by Gasteiger charge is 2.11. The van der Waals surface area contributed by atoms with E-state index < -0.39 is 0 Å². The number of carbonyl (C=O) groups excluding carboxylic acids is 1. The Morgan fingerprint density at radius 3 is 2.26 bits per heavy atom. The van der Waals surface area contributed by atoms with Crippen LogP contribution in [0.2, 0.25) is 0 Å². The maximum absolute atomic E-state index is 12.2. The Balaban J connectivity index is 2.05. The monoisotopic (exact) mass is 376 g/mol. The third kappa shape index (κ3) is 5.03. The molecule has 0 aliphatic carbocycles. The lowest BCUT2D eigenvalue weighted by Crippen LogP contribution is -2.26. The van der Waals surface area contributed by atoms with Crippen LogP contribution in [0.15, 0.2) is 41.1 Å². The molecular weight excluding hydrogens is 356 g/mol. The summed E-state index contributed by atoms with van der Waals surface area (Å²) in [6, 6.07) is 7.40. The molecule has 1 amide bonds. The first-order valence-corrected chi connectivity index (χ1v) is 8.57. The smallest absolute Gasteiger partial charge is 0.275 e. The summed E-state index contributed by atoms with van der Waals surface area (Å²) in [5.74, 6) is 0.554. The second-order valence-corrected chi connectivity index (χ2v) is 6.12. The maximum atomic E-state index is 12.2. The van der Waals surface area contributed by atoms with Crippen molar-refractivity contribution in [2.45, 2.75) is 26.7 Å². The Kier molecular flexibility index (Phi) is 6.52. The van der Waals surface area contributed by atoms with Crippen molar-refractivity contribution in [2.75, 3.05) is 23.3 Å². The van der Waals surface area contributed by atoms with Gasteiger partial charge in [0.25, 0.3) is 5.91 Å². The van der Waals surface area contributed by atoms with Gasteiger partial charge < -0.3 is 10.2 Å². The maximum Gasteiger partial charge on any atom is 0.275 e. The van der Waals surface area contributed by atoms with Crippen LogP contribution in [0.3, 0.4) is 0 Å². The van der Waals surface area contributed by atoms with Gasteiger partial charge in [0.05, 0.1) is 12.4 Å². The van der Waals surface area contributed by atoms with Gasteiger partial charge in [-0.2, -0.15) is 0 Å². The van der Waals surface area contributed by atoms with E-state index in [2.05, 4.69) is 50.0 Å². The minimum Gasteiger partial charge on any atom is -0.355 e. The van der Waals surface area contributed by atoms with Gasteiger partial charge in [-0.15, -0.1) is 0 Å². The second-order valence-electron chi connectivity index (χ2n) is 5.21. The van der Waals surface area contributed by atoms with E-state index in [4.69, 9.17) is 0 Å². The quantitative estimate of drug-likeness (QED) is 0.789. The average molecular weight is 377 g/mol. The van der Waals surface area contributed by atoms with Gasteiger partial charge in [-0.1, -0.05) is 29.8 Å². The molecule has 0 bridgehead atoms. The Morgan fingerprint density at radius 1 is 1.09 bits per heavy atom. The zero-order valence-corrected chi connectivity index (χ0v) is 15.0. The third-order valence-corrected chi connectivity index (χ3v) is 3.81. The van der Waals surface area contributed by atoms with Crippen LogP contribution in [0.25, 0.3) is 0 Å². The molecule has 0 aliphatic rings. The van der Waals surface area contributed by atoms with Crippen LogP contribution in [-0.4, -0.2) is 29.0 Å². The zero-order chi connectivity index (χ0) is 16.7. The topological polar surface area (TPSA) is 58.1 Å². The normalized spacial score (nSPS) is 10.4. The van der Waals surface area contributed by atoms with E-state index in [1.54, 1.807) is 6.20 Å². The Hall–Kier alpha value is -1.95. The van der Waals surface area contributed by atoms with Crippen molar-refractivity contribution in [2.24, 2.45) is 0 Å². The Morgan fingerprint density at radius 2 is 1.74 bits per heavy atom. The van der Waals surface area contributed by atoms with Gasteiger partial charge in [-0.05, 0) is 37.1 Å². The molecule has 0 fully saturated rings. The lowest BCUT2D eigenvalue weighted by molar-refractivity contribution is 0.102. The highest BCUT2D eigenvalue weighted by molar-refractivity contribution is 9.10.